The Labute approximate surface area is 156 Å². The third-order valence-corrected chi connectivity index (χ3v) is 3.77. The number of carbonyl (C=O) groups is 2. The SMILES string of the molecule is C/C=C/C(=O)N(Cc1ccccc1)[C@H](/C=C/C=C/C(=O)OCC)C(C)C. The summed E-state index contributed by atoms with van der Waals surface area (Å²) in [6.45, 7) is 8.63. The lowest BCUT2D eigenvalue weighted by Crippen LogP contribution is -2.40. The molecule has 140 valence electrons. The maximum atomic E-state index is 12.6. The molecule has 0 unspecified atom stereocenters. The number of amides is 1. The molecule has 0 aliphatic carbocycles. The van der Waals surface area contributed by atoms with Crippen molar-refractivity contribution < 1.29 is 14.3 Å². The molecule has 0 spiro atoms. The Morgan fingerprint density at radius 2 is 1.81 bits per heavy atom. The highest BCUT2D eigenvalue weighted by Gasteiger charge is 2.22. The number of hydrogen-bond donors (Lipinski definition) is 0. The van der Waals surface area contributed by atoms with Crippen LogP contribution in [0.3, 0.4) is 0 Å². The zero-order valence-electron chi connectivity index (χ0n) is 16.1. The molecule has 0 fully saturated rings. The second kappa shape index (κ2) is 11.9. The first-order valence-electron chi connectivity index (χ1n) is 8.98. The quantitative estimate of drug-likeness (QED) is 0.377. The van der Waals surface area contributed by atoms with Crippen molar-refractivity contribution in [1.82, 2.24) is 4.90 Å². The number of rotatable bonds is 9. The monoisotopic (exact) mass is 355 g/mol. The predicted octanol–water partition coefficient (Wildman–Crippen LogP) is 4.29. The zero-order chi connectivity index (χ0) is 19.4. The van der Waals surface area contributed by atoms with E-state index in [0.717, 1.165) is 5.56 Å². The average molecular weight is 355 g/mol. The summed E-state index contributed by atoms with van der Waals surface area (Å²) in [4.78, 5) is 25.8. The van der Waals surface area contributed by atoms with Crippen molar-refractivity contribution in [2.45, 2.75) is 40.3 Å². The molecule has 1 rings (SSSR count). The van der Waals surface area contributed by atoms with Crippen LogP contribution < -0.4 is 0 Å². The van der Waals surface area contributed by atoms with Crippen molar-refractivity contribution in [2.24, 2.45) is 5.92 Å². The standard InChI is InChI=1S/C22H29NO3/c1-5-12-21(24)23(17-19-13-8-7-9-14-19)20(18(3)4)15-10-11-16-22(25)26-6-2/h5,7-16,18,20H,6,17H2,1-4H3/b12-5+,15-10+,16-11+/t20-/m1/s1. The van der Waals surface area contributed by atoms with Gasteiger partial charge in [-0.2, -0.15) is 0 Å². The van der Waals surface area contributed by atoms with Gasteiger partial charge in [0.15, 0.2) is 0 Å². The number of allylic oxidation sites excluding steroid dienone is 3. The van der Waals surface area contributed by atoms with Gasteiger partial charge >= 0.3 is 5.97 Å². The van der Waals surface area contributed by atoms with Gasteiger partial charge in [-0.3, -0.25) is 4.79 Å². The minimum Gasteiger partial charge on any atom is -0.463 e. The van der Waals surface area contributed by atoms with E-state index in [1.807, 2.05) is 48.2 Å². The molecule has 0 radical (unpaired) electrons. The molecule has 4 nitrogen and oxygen atoms in total. The Morgan fingerprint density at radius 3 is 2.38 bits per heavy atom. The zero-order valence-corrected chi connectivity index (χ0v) is 16.1. The highest BCUT2D eigenvalue weighted by Crippen LogP contribution is 2.17. The van der Waals surface area contributed by atoms with E-state index in [-0.39, 0.29) is 23.8 Å². The van der Waals surface area contributed by atoms with Crippen LogP contribution in [0.1, 0.15) is 33.3 Å². The fourth-order valence-electron chi connectivity index (χ4n) is 2.54. The first-order chi connectivity index (χ1) is 12.5. The molecule has 0 bridgehead atoms. The summed E-state index contributed by atoms with van der Waals surface area (Å²) in [7, 11) is 0. The van der Waals surface area contributed by atoms with Gasteiger partial charge in [-0.1, -0.05) is 68.5 Å². The number of benzene rings is 1. The van der Waals surface area contributed by atoms with Gasteiger partial charge in [-0.25, -0.2) is 4.79 Å². The molecule has 1 aromatic rings. The van der Waals surface area contributed by atoms with Gasteiger partial charge < -0.3 is 9.64 Å². The molecule has 4 heteroatoms. The Hall–Kier alpha value is -2.62. The van der Waals surface area contributed by atoms with Gasteiger partial charge in [0.25, 0.3) is 0 Å². The number of esters is 1. The fourth-order valence-corrected chi connectivity index (χ4v) is 2.54. The van der Waals surface area contributed by atoms with Gasteiger partial charge in [0.1, 0.15) is 0 Å². The van der Waals surface area contributed by atoms with Crippen LogP contribution in [0.4, 0.5) is 0 Å². The lowest BCUT2D eigenvalue weighted by molar-refractivity contribution is -0.137. The largest absolute Gasteiger partial charge is 0.463 e. The van der Waals surface area contributed by atoms with Crippen LogP contribution >= 0.6 is 0 Å². The molecule has 0 saturated carbocycles. The van der Waals surface area contributed by atoms with Crippen molar-refractivity contribution in [3.05, 3.63) is 72.4 Å². The maximum absolute atomic E-state index is 12.6. The van der Waals surface area contributed by atoms with Gasteiger partial charge in [0, 0.05) is 12.6 Å². The smallest absolute Gasteiger partial charge is 0.330 e. The van der Waals surface area contributed by atoms with Crippen LogP contribution in [0.25, 0.3) is 0 Å². The van der Waals surface area contributed by atoms with E-state index in [0.29, 0.717) is 13.2 Å². The third kappa shape index (κ3) is 7.51. The van der Waals surface area contributed by atoms with E-state index in [4.69, 9.17) is 4.74 Å². The number of ether oxygens (including phenoxy) is 1. The first-order valence-corrected chi connectivity index (χ1v) is 8.98. The van der Waals surface area contributed by atoms with Crippen LogP contribution in [0.2, 0.25) is 0 Å². The van der Waals surface area contributed by atoms with Crippen LogP contribution in [-0.2, 0) is 20.9 Å². The lowest BCUT2D eigenvalue weighted by Gasteiger charge is -2.32. The molecule has 1 aromatic carbocycles. The molecule has 0 heterocycles. The van der Waals surface area contributed by atoms with Crippen LogP contribution in [0, 0.1) is 5.92 Å². The molecule has 0 saturated heterocycles. The van der Waals surface area contributed by atoms with Gasteiger partial charge in [0.05, 0.1) is 12.6 Å². The average Bonchev–Trinajstić information content (AvgIpc) is 2.61. The fraction of sp³-hybridized carbons (Fsp3) is 0.364. The van der Waals surface area contributed by atoms with E-state index in [2.05, 4.69) is 13.8 Å². The molecule has 1 amide bonds. The predicted molar refractivity (Wildman–Crippen MR) is 105 cm³/mol. The second-order valence-corrected chi connectivity index (χ2v) is 6.18. The Morgan fingerprint density at radius 1 is 1.12 bits per heavy atom. The Bertz CT molecular complexity index is 645. The van der Waals surface area contributed by atoms with Gasteiger partial charge in [-0.15, -0.1) is 0 Å². The summed E-state index contributed by atoms with van der Waals surface area (Å²) in [6.07, 6.45) is 10.1. The molecule has 0 aromatic heterocycles. The van der Waals surface area contributed by atoms with E-state index in [1.165, 1.54) is 6.08 Å². The van der Waals surface area contributed by atoms with Crippen LogP contribution in [0.5, 0.6) is 0 Å². The topological polar surface area (TPSA) is 46.6 Å². The number of carbonyl (C=O) groups excluding carboxylic acids is 2. The van der Waals surface area contributed by atoms with Gasteiger partial charge in [-0.05, 0) is 31.4 Å². The number of nitrogens with zero attached hydrogens (tertiary/aromatic N) is 1. The van der Waals surface area contributed by atoms with Crippen LogP contribution in [0.15, 0.2) is 66.8 Å². The maximum Gasteiger partial charge on any atom is 0.330 e. The summed E-state index contributed by atoms with van der Waals surface area (Å²) in [5.74, 6) is -0.182. The summed E-state index contributed by atoms with van der Waals surface area (Å²) < 4.78 is 4.86. The summed E-state index contributed by atoms with van der Waals surface area (Å²) in [6, 6.07) is 9.83. The molecule has 0 aliphatic rings. The second-order valence-electron chi connectivity index (χ2n) is 6.18. The molecule has 0 N–H and O–H groups in total. The molecular formula is C22H29NO3. The third-order valence-electron chi connectivity index (χ3n) is 3.77. The van der Waals surface area contributed by atoms with Gasteiger partial charge in [0.2, 0.25) is 5.91 Å². The van der Waals surface area contributed by atoms with Crippen LogP contribution in [-0.4, -0.2) is 29.4 Å². The molecule has 0 aliphatic heterocycles. The minimum atomic E-state index is -0.371. The van der Waals surface area contributed by atoms with Crippen molar-refractivity contribution in [2.75, 3.05) is 6.61 Å². The van der Waals surface area contributed by atoms with E-state index in [9.17, 15) is 9.59 Å². The highest BCUT2D eigenvalue weighted by molar-refractivity contribution is 5.88. The molecular weight excluding hydrogens is 326 g/mol. The summed E-state index contributed by atoms with van der Waals surface area (Å²) in [5.41, 5.74) is 1.08. The molecule has 26 heavy (non-hydrogen) atoms. The van der Waals surface area contributed by atoms with E-state index < -0.39 is 0 Å². The molecule has 1 atom stereocenters. The highest BCUT2D eigenvalue weighted by atomic mass is 16.5. The van der Waals surface area contributed by atoms with Crippen molar-refractivity contribution in [3.8, 4) is 0 Å². The number of hydrogen-bond acceptors (Lipinski definition) is 3. The van der Waals surface area contributed by atoms with Crippen molar-refractivity contribution >= 4 is 11.9 Å². The van der Waals surface area contributed by atoms with Crippen molar-refractivity contribution in [1.29, 1.82) is 0 Å². The Kier molecular flexibility index (Phi) is 9.77. The normalized spacial score (nSPS) is 13.0. The van der Waals surface area contributed by atoms with E-state index >= 15 is 0 Å². The Balaban J connectivity index is 3.00. The summed E-state index contributed by atoms with van der Waals surface area (Å²) in [5, 5.41) is 0. The first kappa shape index (κ1) is 21.4. The minimum absolute atomic E-state index is 0.0333. The van der Waals surface area contributed by atoms with Crippen molar-refractivity contribution in [3.63, 3.8) is 0 Å². The van der Waals surface area contributed by atoms with E-state index in [1.54, 1.807) is 31.2 Å². The lowest BCUT2D eigenvalue weighted by atomic mass is 10.0. The summed E-state index contributed by atoms with van der Waals surface area (Å²) >= 11 is 0.